The molecule has 0 heterocycles. The Balaban J connectivity index is 2.02. The molecule has 110 valence electrons. The lowest BCUT2D eigenvalue weighted by Crippen LogP contribution is -2.07. The van der Waals surface area contributed by atoms with Gasteiger partial charge >= 0.3 is 5.97 Å². The van der Waals surface area contributed by atoms with Crippen LogP contribution in [0, 0.1) is 11.6 Å². The van der Waals surface area contributed by atoms with Crippen molar-refractivity contribution in [2.75, 3.05) is 0 Å². The van der Waals surface area contributed by atoms with Gasteiger partial charge in [0, 0.05) is 16.7 Å². The maximum Gasteiger partial charge on any atom is 0.310 e. The van der Waals surface area contributed by atoms with Crippen molar-refractivity contribution >= 4 is 17.7 Å². The average Bonchev–Trinajstić information content (AvgIpc) is 2.46. The van der Waals surface area contributed by atoms with E-state index in [1.807, 2.05) is 12.1 Å². The van der Waals surface area contributed by atoms with Crippen LogP contribution < -0.4 is 0 Å². The van der Waals surface area contributed by atoms with Gasteiger partial charge in [0.2, 0.25) is 0 Å². The normalized spacial score (nSPS) is 12.1. The number of aliphatic carboxylic acids is 1. The molecule has 2 nitrogen and oxygen atoms in total. The molecule has 2 rings (SSSR count). The summed E-state index contributed by atoms with van der Waals surface area (Å²) in [5, 5.41) is 8.93. The summed E-state index contributed by atoms with van der Waals surface area (Å²) in [6.07, 6.45) is 0. The van der Waals surface area contributed by atoms with Crippen molar-refractivity contribution in [1.82, 2.24) is 0 Å². The van der Waals surface area contributed by atoms with Crippen LogP contribution in [0.4, 0.5) is 8.78 Å². The number of carbonyl (C=O) groups is 1. The van der Waals surface area contributed by atoms with Crippen LogP contribution in [0.15, 0.2) is 47.4 Å². The Bertz CT molecular complexity index is 641. The zero-order valence-corrected chi connectivity index (χ0v) is 12.2. The van der Waals surface area contributed by atoms with Crippen molar-refractivity contribution < 1.29 is 18.7 Å². The molecule has 0 bridgehead atoms. The molecule has 1 unspecified atom stereocenters. The zero-order valence-electron chi connectivity index (χ0n) is 11.3. The number of carboxylic acid groups (broad SMARTS) is 1. The van der Waals surface area contributed by atoms with Gasteiger partial charge in [-0.1, -0.05) is 24.3 Å². The molecule has 0 aliphatic carbocycles. The summed E-state index contributed by atoms with van der Waals surface area (Å²) < 4.78 is 26.3. The molecule has 0 aromatic heterocycles. The minimum absolute atomic E-state index is 0.388. The van der Waals surface area contributed by atoms with E-state index in [-0.39, 0.29) is 0 Å². The Morgan fingerprint density at radius 1 is 1.19 bits per heavy atom. The second kappa shape index (κ2) is 6.72. The standard InChI is InChI=1S/C16H14F2O2S/c1-10(16(19)20)12-4-2-11(3-5-12)9-21-15-7-6-13(17)8-14(15)18/h2-8,10H,9H2,1H3,(H,19,20). The third kappa shape index (κ3) is 4.04. The first-order chi connectivity index (χ1) is 9.97. The molecule has 1 atom stereocenters. The SMILES string of the molecule is CC(C(=O)O)c1ccc(CSc2ccc(F)cc2F)cc1. The van der Waals surface area contributed by atoms with E-state index in [1.54, 1.807) is 19.1 Å². The van der Waals surface area contributed by atoms with Crippen molar-refractivity contribution in [2.45, 2.75) is 23.5 Å². The van der Waals surface area contributed by atoms with Gasteiger partial charge in [-0.05, 0) is 30.2 Å². The molecule has 0 saturated heterocycles. The van der Waals surface area contributed by atoms with E-state index in [2.05, 4.69) is 0 Å². The molecule has 0 aliphatic heterocycles. The number of hydrogen-bond donors (Lipinski definition) is 1. The molecule has 5 heteroatoms. The molecule has 0 saturated carbocycles. The van der Waals surface area contributed by atoms with Gasteiger partial charge in [-0.25, -0.2) is 8.78 Å². The van der Waals surface area contributed by atoms with Crippen LogP contribution in [0.25, 0.3) is 0 Å². The summed E-state index contributed by atoms with van der Waals surface area (Å²) in [7, 11) is 0. The van der Waals surface area contributed by atoms with Gasteiger partial charge in [0.05, 0.1) is 5.92 Å². The summed E-state index contributed by atoms with van der Waals surface area (Å²) in [5.41, 5.74) is 1.68. The highest BCUT2D eigenvalue weighted by molar-refractivity contribution is 7.98. The molecule has 2 aromatic rings. The van der Waals surface area contributed by atoms with Crippen molar-refractivity contribution in [1.29, 1.82) is 0 Å². The van der Waals surface area contributed by atoms with Gasteiger partial charge < -0.3 is 5.11 Å². The number of rotatable bonds is 5. The van der Waals surface area contributed by atoms with Crippen LogP contribution in [0.3, 0.4) is 0 Å². The molecule has 1 N–H and O–H groups in total. The lowest BCUT2D eigenvalue weighted by atomic mass is 10.0. The van der Waals surface area contributed by atoms with E-state index in [0.717, 1.165) is 17.2 Å². The molecule has 0 spiro atoms. The first kappa shape index (κ1) is 15.5. The van der Waals surface area contributed by atoms with Crippen molar-refractivity contribution in [2.24, 2.45) is 0 Å². The molecule has 0 aliphatic rings. The monoisotopic (exact) mass is 308 g/mol. The minimum Gasteiger partial charge on any atom is -0.481 e. The number of thioether (sulfide) groups is 1. The number of halogens is 2. The Hall–Kier alpha value is -1.88. The summed E-state index contributed by atoms with van der Waals surface area (Å²) in [6.45, 7) is 1.62. The second-order valence-electron chi connectivity index (χ2n) is 4.66. The first-order valence-corrected chi connectivity index (χ1v) is 7.35. The van der Waals surface area contributed by atoms with Crippen LogP contribution in [0.1, 0.15) is 24.0 Å². The summed E-state index contributed by atoms with van der Waals surface area (Å²) in [6, 6.07) is 10.7. The third-order valence-electron chi connectivity index (χ3n) is 3.14. The quantitative estimate of drug-likeness (QED) is 0.829. The highest BCUT2D eigenvalue weighted by Gasteiger charge is 2.13. The van der Waals surface area contributed by atoms with Crippen LogP contribution >= 0.6 is 11.8 Å². The van der Waals surface area contributed by atoms with Crippen LogP contribution in [0.2, 0.25) is 0 Å². The highest BCUT2D eigenvalue weighted by atomic mass is 32.2. The van der Waals surface area contributed by atoms with Crippen LogP contribution in [-0.2, 0) is 10.5 Å². The maximum absolute atomic E-state index is 13.5. The lowest BCUT2D eigenvalue weighted by molar-refractivity contribution is -0.138. The van der Waals surface area contributed by atoms with Gasteiger partial charge in [-0.3, -0.25) is 4.79 Å². The predicted molar refractivity (Wildman–Crippen MR) is 78.4 cm³/mol. The van der Waals surface area contributed by atoms with Crippen molar-refractivity contribution in [3.8, 4) is 0 Å². The first-order valence-electron chi connectivity index (χ1n) is 6.37. The predicted octanol–water partition coefficient (Wildman–Crippen LogP) is 4.45. The molecular formula is C16H14F2O2S. The average molecular weight is 308 g/mol. The Morgan fingerprint density at radius 2 is 1.86 bits per heavy atom. The Kier molecular flexibility index (Phi) is 4.96. The fourth-order valence-electron chi connectivity index (χ4n) is 1.80. The fourth-order valence-corrected chi connectivity index (χ4v) is 2.67. The summed E-state index contributed by atoms with van der Waals surface area (Å²) in [4.78, 5) is 11.3. The van der Waals surface area contributed by atoms with Gasteiger partial charge in [-0.15, -0.1) is 11.8 Å². The van der Waals surface area contributed by atoms with E-state index in [0.29, 0.717) is 10.6 Å². The molecule has 2 aromatic carbocycles. The summed E-state index contributed by atoms with van der Waals surface area (Å²) >= 11 is 1.27. The third-order valence-corrected chi connectivity index (χ3v) is 4.26. The van der Waals surface area contributed by atoms with Crippen LogP contribution in [0.5, 0.6) is 0 Å². The second-order valence-corrected chi connectivity index (χ2v) is 5.68. The van der Waals surface area contributed by atoms with Gasteiger partial charge in [-0.2, -0.15) is 0 Å². The minimum atomic E-state index is -0.870. The lowest BCUT2D eigenvalue weighted by Gasteiger charge is -2.08. The van der Waals surface area contributed by atoms with E-state index < -0.39 is 23.5 Å². The van der Waals surface area contributed by atoms with Crippen molar-refractivity contribution in [3.05, 3.63) is 65.2 Å². The largest absolute Gasteiger partial charge is 0.481 e. The number of benzene rings is 2. The molecule has 0 amide bonds. The Labute approximate surface area is 125 Å². The molecule has 21 heavy (non-hydrogen) atoms. The maximum atomic E-state index is 13.5. The fraction of sp³-hybridized carbons (Fsp3) is 0.188. The van der Waals surface area contributed by atoms with E-state index in [4.69, 9.17) is 5.11 Å². The summed E-state index contributed by atoms with van der Waals surface area (Å²) in [5.74, 6) is -2.06. The van der Waals surface area contributed by atoms with Gasteiger partial charge in [0.25, 0.3) is 0 Å². The smallest absolute Gasteiger partial charge is 0.310 e. The van der Waals surface area contributed by atoms with E-state index in [9.17, 15) is 13.6 Å². The molecule has 0 radical (unpaired) electrons. The highest BCUT2D eigenvalue weighted by Crippen LogP contribution is 2.26. The van der Waals surface area contributed by atoms with E-state index >= 15 is 0 Å². The van der Waals surface area contributed by atoms with Gasteiger partial charge in [0.15, 0.2) is 0 Å². The molecule has 0 fully saturated rings. The topological polar surface area (TPSA) is 37.3 Å². The number of carboxylic acids is 1. The number of hydrogen-bond acceptors (Lipinski definition) is 2. The van der Waals surface area contributed by atoms with E-state index in [1.165, 1.54) is 23.9 Å². The zero-order chi connectivity index (χ0) is 15.4. The van der Waals surface area contributed by atoms with Crippen molar-refractivity contribution in [3.63, 3.8) is 0 Å². The molecular weight excluding hydrogens is 294 g/mol. The Morgan fingerprint density at radius 3 is 2.43 bits per heavy atom. The van der Waals surface area contributed by atoms with Crippen LogP contribution in [-0.4, -0.2) is 11.1 Å². The van der Waals surface area contributed by atoms with Gasteiger partial charge in [0.1, 0.15) is 11.6 Å².